The summed E-state index contributed by atoms with van der Waals surface area (Å²) in [6, 6.07) is 3.39. The molecule has 3 saturated carbocycles. The molecule has 7 heterocycles. The van der Waals surface area contributed by atoms with E-state index in [9.17, 15) is 18.8 Å². The molecule has 7 unspecified atom stereocenters. The maximum absolute atomic E-state index is 15.2. The van der Waals surface area contributed by atoms with Crippen LogP contribution in [0.3, 0.4) is 0 Å². The maximum atomic E-state index is 15.2. The summed E-state index contributed by atoms with van der Waals surface area (Å²) in [5.74, 6) is 4.30. The number of carbonyl (C=O) groups excluding carboxylic acids is 2. The van der Waals surface area contributed by atoms with Crippen molar-refractivity contribution in [2.75, 3.05) is 103 Å². The average molecular weight is 1260 g/mol. The standard InChI is InChI=1S/C51H85F2N7O4.C23H35NO2/c1-7-39-17-34(2)54-23-41(39)28-57-14-8-9-38(27-57)31-63-45-20-43(53)21-46(22-45)64-32-47-30-58(15-16-62-47)29-44-24-55-35(3)25-59(44)26-36(4)60-33-51(5,6)49-48(60)19-40(50(61)56-49)18-37-10-12-42(52)13-11-37;1-6-18-21-19(24(20(25)7-2)14-23(21,4)5)13-17(22(18)26)12-16-10-8-15(3)9-11-16/h19,34-35,37-39,41-47,54-55H,4,7-18,20-33H2,1-3,5-6H3,(H,56,61);13,15-16,18H,6-12,14H2,1-5H3/t34-,35-,37?,38+,39?,41?,42?,43?,44?,45?,46?,47+;/m1./s1. The molecule has 11 rings (SSSR count). The minimum absolute atomic E-state index is 0.00483. The van der Waals surface area contributed by atoms with Crippen LogP contribution in [0, 0.1) is 46.8 Å². The zero-order valence-electron chi connectivity index (χ0n) is 57.5. The number of nitrogens with one attached hydrogen (secondary N) is 3. The molecule has 1 aromatic heterocycles. The quantitative estimate of drug-likeness (QED) is 0.115. The van der Waals surface area contributed by atoms with Crippen LogP contribution in [0.15, 0.2) is 46.1 Å². The van der Waals surface area contributed by atoms with Gasteiger partial charge in [-0.3, -0.25) is 24.2 Å². The fourth-order valence-corrected chi connectivity index (χ4v) is 17.9. The lowest BCUT2D eigenvalue weighted by Gasteiger charge is -2.44. The van der Waals surface area contributed by atoms with Crippen molar-refractivity contribution < 1.29 is 32.6 Å². The highest BCUT2D eigenvalue weighted by molar-refractivity contribution is 6.02. The number of morpholine rings is 1. The van der Waals surface area contributed by atoms with Crippen LogP contribution in [0.4, 0.5) is 14.5 Å². The number of hydrogen-bond acceptors (Lipinski definition) is 12. The van der Waals surface area contributed by atoms with E-state index in [1.807, 2.05) is 11.8 Å². The summed E-state index contributed by atoms with van der Waals surface area (Å²) >= 11 is 0. The first kappa shape index (κ1) is 69.5. The van der Waals surface area contributed by atoms with E-state index in [0.717, 1.165) is 143 Å². The van der Waals surface area contributed by atoms with Crippen LogP contribution in [-0.2, 0) is 35.6 Å². The van der Waals surface area contributed by atoms with Gasteiger partial charge in [-0.2, -0.15) is 0 Å². The number of carbonyl (C=O) groups is 2. The van der Waals surface area contributed by atoms with Gasteiger partial charge in [0.05, 0.1) is 43.8 Å². The third kappa shape index (κ3) is 17.4. The van der Waals surface area contributed by atoms with E-state index in [4.69, 9.17) is 14.2 Å². The van der Waals surface area contributed by atoms with Crippen LogP contribution in [-0.4, -0.2) is 183 Å². The van der Waals surface area contributed by atoms with E-state index in [-0.39, 0.29) is 46.5 Å². The zero-order chi connectivity index (χ0) is 64.0. The molecular weight excluding hydrogens is 1130 g/mol. The highest BCUT2D eigenvalue weighted by Crippen LogP contribution is 2.49. The number of hydrogen-bond donors (Lipinski definition) is 3. The molecule has 7 fully saturated rings. The van der Waals surface area contributed by atoms with Gasteiger partial charge in [0.25, 0.3) is 5.56 Å². The zero-order valence-corrected chi connectivity index (χ0v) is 57.5. The highest BCUT2D eigenvalue weighted by atomic mass is 19.1. The van der Waals surface area contributed by atoms with Gasteiger partial charge in [0, 0.05) is 142 Å². The monoisotopic (exact) mass is 1250 g/mol. The van der Waals surface area contributed by atoms with Gasteiger partial charge in [-0.25, -0.2) is 8.78 Å². The molecule has 3 N–H and O–H groups in total. The molecule has 90 heavy (non-hydrogen) atoms. The number of aromatic nitrogens is 1. The Morgan fingerprint density at radius 1 is 0.722 bits per heavy atom. The minimum atomic E-state index is -0.901. The number of anilines is 1. The van der Waals surface area contributed by atoms with Gasteiger partial charge in [-0.05, 0) is 169 Å². The lowest BCUT2D eigenvalue weighted by Crippen LogP contribution is -2.61. The molecule has 0 bridgehead atoms. The first-order valence-corrected chi connectivity index (χ1v) is 36.4. The average Bonchev–Trinajstić information content (AvgIpc) is 1.63. The van der Waals surface area contributed by atoms with Gasteiger partial charge in [0.1, 0.15) is 12.3 Å². The van der Waals surface area contributed by atoms with E-state index in [1.54, 1.807) is 0 Å². The van der Waals surface area contributed by atoms with Crippen molar-refractivity contribution >= 4 is 17.4 Å². The Morgan fingerprint density at radius 3 is 2.13 bits per heavy atom. The number of ketones is 1. The Morgan fingerprint density at radius 2 is 1.41 bits per heavy atom. The number of likely N-dealkylation sites (tertiary alicyclic amines) is 1. The molecular formula is C74H120F2N8O6. The van der Waals surface area contributed by atoms with Crippen molar-refractivity contribution in [2.24, 2.45) is 46.8 Å². The number of aromatic amines is 1. The van der Waals surface area contributed by atoms with Gasteiger partial charge >= 0.3 is 0 Å². The normalized spacial score (nSPS) is 35.2. The van der Waals surface area contributed by atoms with E-state index in [0.29, 0.717) is 107 Å². The van der Waals surface area contributed by atoms with E-state index in [1.165, 1.54) is 70.0 Å². The van der Waals surface area contributed by atoms with Crippen molar-refractivity contribution in [3.05, 3.63) is 62.9 Å². The molecule has 4 aliphatic carbocycles. The number of allylic oxidation sites excluding steroid dienone is 2. The summed E-state index contributed by atoms with van der Waals surface area (Å²) in [4.78, 5) is 54.5. The van der Waals surface area contributed by atoms with Gasteiger partial charge < -0.3 is 44.5 Å². The predicted octanol–water partition coefficient (Wildman–Crippen LogP) is 11.7. The molecule has 0 aromatic carbocycles. The van der Waals surface area contributed by atoms with Crippen molar-refractivity contribution in [1.82, 2.24) is 35.2 Å². The smallest absolute Gasteiger partial charge is 0.251 e. The number of rotatable bonds is 20. The van der Waals surface area contributed by atoms with Gasteiger partial charge in [-0.15, -0.1) is 0 Å². The van der Waals surface area contributed by atoms with Crippen molar-refractivity contribution in [2.45, 2.75) is 245 Å². The fraction of sp³-hybridized carbons (Fsp3) is 0.824. The third-order valence-electron chi connectivity index (χ3n) is 23.2. The number of piperazine rings is 1. The molecule has 10 aliphatic rings. The molecule has 1 aromatic rings. The number of piperidine rings is 2. The molecule has 0 spiro atoms. The van der Waals surface area contributed by atoms with Gasteiger partial charge in [0.15, 0.2) is 5.78 Å². The van der Waals surface area contributed by atoms with E-state index < -0.39 is 12.3 Å². The summed E-state index contributed by atoms with van der Waals surface area (Å²) in [6.45, 7) is 39.7. The Balaban J connectivity index is 0.000000285. The van der Waals surface area contributed by atoms with Crippen molar-refractivity contribution in [1.29, 1.82) is 0 Å². The van der Waals surface area contributed by atoms with E-state index >= 15 is 4.39 Å². The number of nitrogens with zero attached hydrogens (tertiary/aromatic N) is 5. The molecule has 506 valence electrons. The SMILES string of the molecule is C=C(CN1C[C@@H](C)NCC1CN1CCO[C@H](COC2CC(F)CC(OC[C@H]3CCCN(CC4CN[C@H](C)CC4CC)C3)C2)C1)N1CC(C)(C)c2[nH]c(=O)c(CC3CCC(F)CC3)cc21.CCC(=O)N1CC(C)(C)C2=C1C=C(CC1CCC(C)CC1)C(=O)C2CC. The second-order valence-electron chi connectivity index (χ2n) is 31.7. The predicted molar refractivity (Wildman–Crippen MR) is 358 cm³/mol. The van der Waals surface area contributed by atoms with Crippen molar-refractivity contribution in [3.63, 3.8) is 0 Å². The number of halogens is 2. The summed E-state index contributed by atoms with van der Waals surface area (Å²) in [7, 11) is 0. The maximum Gasteiger partial charge on any atom is 0.251 e. The van der Waals surface area contributed by atoms with Gasteiger partial charge in [-0.1, -0.05) is 81.2 Å². The van der Waals surface area contributed by atoms with E-state index in [2.05, 4.69) is 116 Å². The number of fused-ring (bicyclic) bond motifs is 1. The van der Waals surface area contributed by atoms with Crippen LogP contribution in [0.1, 0.15) is 196 Å². The topological polar surface area (TPSA) is 135 Å². The third-order valence-corrected chi connectivity index (χ3v) is 23.2. The lowest BCUT2D eigenvalue weighted by atomic mass is 9.70. The summed E-state index contributed by atoms with van der Waals surface area (Å²) in [5, 5.41) is 7.46. The Labute approximate surface area is 541 Å². The molecule has 16 heteroatoms. The number of H-pyrrole nitrogens is 1. The molecule has 1 amide bonds. The number of alkyl halides is 2. The number of pyridine rings is 1. The second-order valence-corrected chi connectivity index (χ2v) is 31.7. The highest BCUT2D eigenvalue weighted by Gasteiger charge is 2.47. The van der Waals surface area contributed by atoms with Crippen LogP contribution < -0.4 is 21.1 Å². The first-order chi connectivity index (χ1) is 43.1. The van der Waals surface area contributed by atoms with Gasteiger partial charge in [0.2, 0.25) is 5.91 Å². The minimum Gasteiger partial charge on any atom is -0.378 e. The molecule has 0 radical (unpaired) electrons. The number of Topliss-reactive ketones (excluding diaryl/α,β-unsaturated/α-hetero) is 1. The van der Waals surface area contributed by atoms with Crippen molar-refractivity contribution in [3.8, 4) is 0 Å². The Hall–Kier alpha value is -3.35. The van der Waals surface area contributed by atoms with Crippen LogP contribution in [0.25, 0.3) is 0 Å². The number of ether oxygens (including phenoxy) is 3. The summed E-state index contributed by atoms with van der Waals surface area (Å²) in [5.41, 5.74) is 6.78. The number of amides is 1. The van der Waals surface area contributed by atoms with Crippen LogP contribution in [0.2, 0.25) is 0 Å². The lowest BCUT2D eigenvalue weighted by molar-refractivity contribution is -0.129. The Bertz CT molecular complexity index is 2700. The summed E-state index contributed by atoms with van der Waals surface area (Å²) < 4.78 is 48.3. The summed E-state index contributed by atoms with van der Waals surface area (Å²) in [6.07, 6.45) is 17.6. The Kier molecular flexibility index (Phi) is 24.0. The largest absolute Gasteiger partial charge is 0.378 e. The molecule has 4 saturated heterocycles. The second kappa shape index (κ2) is 31.0. The first-order valence-electron chi connectivity index (χ1n) is 36.4. The van der Waals surface area contributed by atoms with Crippen LogP contribution in [0.5, 0.6) is 0 Å². The molecule has 14 nitrogen and oxygen atoms in total. The fourth-order valence-electron chi connectivity index (χ4n) is 17.9. The molecule has 6 aliphatic heterocycles. The molecule has 11 atom stereocenters. The van der Waals surface area contributed by atoms with Crippen LogP contribution >= 0.6 is 0 Å².